The van der Waals surface area contributed by atoms with E-state index < -0.39 is 0 Å². The first-order valence-electron chi connectivity index (χ1n) is 18.4. The summed E-state index contributed by atoms with van der Waals surface area (Å²) >= 11 is 0. The van der Waals surface area contributed by atoms with E-state index in [2.05, 4.69) is 33.6 Å². The van der Waals surface area contributed by atoms with Crippen molar-refractivity contribution in [1.82, 2.24) is 9.97 Å². The number of aromatic nitrogens is 2. The SMILES string of the molecule is C(#Cc1cc(C#Cc2ccncc2)cc(OCc2cc3cc(c2)OCCOCCOCCOc2ccccc2OCCOCCOCCO3)c1)c1ccncc1. The number of fused-ring (bicyclic) bond motifs is 3. The maximum atomic E-state index is 6.34. The Balaban J connectivity index is 1.10. The number of para-hydroxylation sites is 2. The quantitative estimate of drug-likeness (QED) is 0.198. The summed E-state index contributed by atoms with van der Waals surface area (Å²) in [7, 11) is 0. The van der Waals surface area contributed by atoms with Gasteiger partial charge in [0.15, 0.2) is 11.5 Å². The molecule has 0 unspecified atom stereocenters. The van der Waals surface area contributed by atoms with Crippen molar-refractivity contribution < 1.29 is 42.6 Å². The van der Waals surface area contributed by atoms with Crippen molar-refractivity contribution >= 4 is 0 Å². The lowest BCUT2D eigenvalue weighted by atomic mass is 10.1. The van der Waals surface area contributed by atoms with Crippen LogP contribution in [0.2, 0.25) is 0 Å². The fourth-order valence-corrected chi connectivity index (χ4v) is 5.22. The summed E-state index contributed by atoms with van der Waals surface area (Å²) in [6, 6.07) is 26.4. The van der Waals surface area contributed by atoms with Crippen LogP contribution in [0.15, 0.2) is 110 Å². The molecule has 3 heterocycles. The zero-order chi connectivity index (χ0) is 38.3. The molecule has 0 saturated carbocycles. The summed E-state index contributed by atoms with van der Waals surface area (Å²) in [6.07, 6.45) is 6.86. The Labute approximate surface area is 327 Å². The molecule has 3 aromatic carbocycles. The molecule has 0 N–H and O–H groups in total. The summed E-state index contributed by atoms with van der Waals surface area (Å²) in [5.41, 5.74) is 4.09. The third-order valence-corrected chi connectivity index (χ3v) is 7.87. The third-order valence-electron chi connectivity index (χ3n) is 7.87. The van der Waals surface area contributed by atoms with Crippen LogP contribution in [-0.2, 0) is 25.6 Å². The number of ether oxygens (including phenoxy) is 9. The predicted octanol–water partition coefficient (Wildman–Crippen LogP) is 6.15. The van der Waals surface area contributed by atoms with Crippen LogP contribution < -0.4 is 23.7 Å². The molecule has 2 aromatic heterocycles. The van der Waals surface area contributed by atoms with Crippen molar-refractivity contribution in [2.45, 2.75) is 6.61 Å². The zero-order valence-electron chi connectivity index (χ0n) is 31.2. The lowest BCUT2D eigenvalue weighted by Gasteiger charge is -2.14. The molecular formula is C45H44N2O9. The number of nitrogens with zero attached hydrogens (tertiary/aromatic N) is 2. The second kappa shape index (κ2) is 23.0. The summed E-state index contributed by atoms with van der Waals surface area (Å²) in [4.78, 5) is 8.15. The van der Waals surface area contributed by atoms with Crippen LogP contribution in [0, 0.1) is 23.7 Å². The monoisotopic (exact) mass is 756 g/mol. The Kier molecular flexibility index (Phi) is 16.3. The zero-order valence-corrected chi connectivity index (χ0v) is 31.2. The average molecular weight is 757 g/mol. The summed E-state index contributed by atoms with van der Waals surface area (Å²) in [6.45, 7) is 4.99. The number of hydrogen-bond donors (Lipinski definition) is 0. The Morgan fingerprint density at radius 2 is 0.839 bits per heavy atom. The molecule has 56 heavy (non-hydrogen) atoms. The lowest BCUT2D eigenvalue weighted by molar-refractivity contribution is 0.0253. The second-order valence-electron chi connectivity index (χ2n) is 12.1. The topological polar surface area (TPSA) is 109 Å². The minimum absolute atomic E-state index is 0.242. The maximum Gasteiger partial charge on any atom is 0.161 e. The lowest BCUT2D eigenvalue weighted by Crippen LogP contribution is -2.14. The van der Waals surface area contributed by atoms with Gasteiger partial charge in [-0.3, -0.25) is 9.97 Å². The number of pyridine rings is 2. The molecule has 1 aliphatic heterocycles. The molecule has 0 fully saturated rings. The van der Waals surface area contributed by atoms with E-state index in [9.17, 15) is 0 Å². The molecule has 11 heteroatoms. The van der Waals surface area contributed by atoms with Gasteiger partial charge in [-0.1, -0.05) is 35.8 Å². The second-order valence-corrected chi connectivity index (χ2v) is 12.1. The van der Waals surface area contributed by atoms with Crippen molar-refractivity contribution in [3.05, 3.63) is 138 Å². The smallest absolute Gasteiger partial charge is 0.161 e. The van der Waals surface area contributed by atoms with Crippen LogP contribution in [0.25, 0.3) is 0 Å². The van der Waals surface area contributed by atoms with Gasteiger partial charge in [0.25, 0.3) is 0 Å². The fourth-order valence-electron chi connectivity index (χ4n) is 5.22. The molecule has 0 atom stereocenters. The Bertz CT molecular complexity index is 1920. The molecule has 0 saturated heterocycles. The normalized spacial score (nSPS) is 14.7. The van der Waals surface area contributed by atoms with Crippen LogP contribution in [0.5, 0.6) is 28.7 Å². The molecule has 2 bridgehead atoms. The van der Waals surface area contributed by atoms with Gasteiger partial charge in [0.2, 0.25) is 0 Å². The molecule has 288 valence electrons. The van der Waals surface area contributed by atoms with Crippen LogP contribution in [0.4, 0.5) is 0 Å². The minimum atomic E-state index is 0.242. The van der Waals surface area contributed by atoms with E-state index in [4.69, 9.17) is 42.6 Å². The van der Waals surface area contributed by atoms with Crippen LogP contribution in [-0.4, -0.2) is 89.3 Å². The van der Waals surface area contributed by atoms with Crippen molar-refractivity contribution in [1.29, 1.82) is 0 Å². The van der Waals surface area contributed by atoms with Gasteiger partial charge in [-0.25, -0.2) is 0 Å². The van der Waals surface area contributed by atoms with Gasteiger partial charge in [0.05, 0.1) is 52.9 Å². The van der Waals surface area contributed by atoms with Crippen molar-refractivity contribution in [2.24, 2.45) is 0 Å². The van der Waals surface area contributed by atoms with Crippen LogP contribution >= 0.6 is 0 Å². The fraction of sp³-hybridized carbons (Fsp3) is 0.289. The van der Waals surface area contributed by atoms with Crippen molar-refractivity contribution in [2.75, 3.05) is 79.3 Å². The standard InChI is InChI=1S/C45H44N2O9/c1-2-4-45-44(3-1)54-27-23-50-19-17-48-21-25-52-42-32-40(33-43(34-42)53-26-22-49-18-20-51-24-28-55-45)35-56-41-30-38(7-5-36-9-13-46-14-10-36)29-39(31-41)8-6-37-11-15-47-16-12-37/h1-4,9-16,29-34H,17-28,35H2. The van der Waals surface area contributed by atoms with E-state index in [1.807, 2.05) is 84.9 Å². The molecule has 6 rings (SSSR count). The van der Waals surface area contributed by atoms with Gasteiger partial charge in [0.1, 0.15) is 50.3 Å². The molecule has 1 aliphatic rings. The Morgan fingerprint density at radius 3 is 1.30 bits per heavy atom. The Hall–Kier alpha value is -6.08. The first kappa shape index (κ1) is 39.6. The van der Waals surface area contributed by atoms with Gasteiger partial charge in [-0.05, 0) is 72.3 Å². The van der Waals surface area contributed by atoms with Crippen LogP contribution in [0.1, 0.15) is 27.8 Å². The summed E-state index contributed by atoms with van der Waals surface area (Å²) in [5.74, 6) is 16.0. The average Bonchev–Trinajstić information content (AvgIpc) is 3.23. The van der Waals surface area contributed by atoms with E-state index >= 15 is 0 Å². The van der Waals surface area contributed by atoms with Gasteiger partial charge < -0.3 is 42.6 Å². The molecular weight excluding hydrogens is 712 g/mol. The van der Waals surface area contributed by atoms with Gasteiger partial charge in [0, 0.05) is 53.1 Å². The Morgan fingerprint density at radius 1 is 0.429 bits per heavy atom. The molecule has 0 amide bonds. The highest BCUT2D eigenvalue weighted by atomic mass is 16.6. The van der Waals surface area contributed by atoms with E-state index in [0.29, 0.717) is 108 Å². The third kappa shape index (κ3) is 14.3. The van der Waals surface area contributed by atoms with Crippen LogP contribution in [0.3, 0.4) is 0 Å². The molecule has 0 radical (unpaired) electrons. The van der Waals surface area contributed by atoms with Gasteiger partial charge in [-0.2, -0.15) is 0 Å². The van der Waals surface area contributed by atoms with E-state index in [0.717, 1.165) is 27.8 Å². The van der Waals surface area contributed by atoms with E-state index in [-0.39, 0.29) is 6.61 Å². The molecule has 0 spiro atoms. The van der Waals surface area contributed by atoms with E-state index in [1.165, 1.54) is 0 Å². The van der Waals surface area contributed by atoms with Crippen molar-refractivity contribution in [3.8, 4) is 52.4 Å². The van der Waals surface area contributed by atoms with Crippen molar-refractivity contribution in [3.63, 3.8) is 0 Å². The number of hydrogen-bond acceptors (Lipinski definition) is 11. The first-order chi connectivity index (χ1) is 27.8. The highest BCUT2D eigenvalue weighted by Gasteiger charge is 2.08. The van der Waals surface area contributed by atoms with Gasteiger partial charge in [-0.15, -0.1) is 0 Å². The minimum Gasteiger partial charge on any atom is -0.491 e. The number of rotatable bonds is 3. The molecule has 5 aromatic rings. The molecule has 11 nitrogen and oxygen atoms in total. The largest absolute Gasteiger partial charge is 0.491 e. The summed E-state index contributed by atoms with van der Waals surface area (Å²) in [5, 5.41) is 0. The number of benzene rings is 3. The summed E-state index contributed by atoms with van der Waals surface area (Å²) < 4.78 is 53.1. The predicted molar refractivity (Wildman–Crippen MR) is 209 cm³/mol. The van der Waals surface area contributed by atoms with Gasteiger partial charge >= 0.3 is 0 Å². The van der Waals surface area contributed by atoms with E-state index in [1.54, 1.807) is 24.8 Å². The first-order valence-corrected chi connectivity index (χ1v) is 18.4. The highest BCUT2D eigenvalue weighted by molar-refractivity contribution is 5.52. The molecule has 0 aliphatic carbocycles. The highest BCUT2D eigenvalue weighted by Crippen LogP contribution is 2.27. The maximum absolute atomic E-state index is 6.34.